The van der Waals surface area contributed by atoms with E-state index < -0.39 is 0 Å². The fourth-order valence-corrected chi connectivity index (χ4v) is 4.06. The minimum Gasteiger partial charge on any atom is -0.337 e. The van der Waals surface area contributed by atoms with Crippen molar-refractivity contribution in [3.63, 3.8) is 0 Å². The van der Waals surface area contributed by atoms with Crippen LogP contribution in [0.3, 0.4) is 0 Å². The van der Waals surface area contributed by atoms with Gasteiger partial charge in [0.25, 0.3) is 0 Å². The highest BCUT2D eigenvalue weighted by Crippen LogP contribution is 2.30. The lowest BCUT2D eigenvalue weighted by Crippen LogP contribution is -2.44. The molecule has 0 fully saturated rings. The normalized spacial score (nSPS) is 19.3. The summed E-state index contributed by atoms with van der Waals surface area (Å²) in [5, 5.41) is 3.18. The van der Waals surface area contributed by atoms with E-state index in [1.807, 2.05) is 4.90 Å². The van der Waals surface area contributed by atoms with Gasteiger partial charge in [-0.3, -0.25) is 0 Å². The molecule has 24 heavy (non-hydrogen) atoms. The van der Waals surface area contributed by atoms with Crippen LogP contribution in [0.4, 0.5) is 4.79 Å². The quantitative estimate of drug-likeness (QED) is 0.895. The van der Waals surface area contributed by atoms with Gasteiger partial charge >= 0.3 is 6.03 Å². The lowest BCUT2D eigenvalue weighted by atomic mass is 9.83. The first-order valence-electron chi connectivity index (χ1n) is 8.98. The molecule has 0 bridgehead atoms. The number of aryl methyl sites for hydroxylation is 1. The minimum absolute atomic E-state index is 0.0764. The van der Waals surface area contributed by atoms with Gasteiger partial charge < -0.3 is 10.2 Å². The number of carbonyl (C=O) groups excluding carboxylic acids is 1. The van der Waals surface area contributed by atoms with Crippen LogP contribution in [0.1, 0.15) is 41.0 Å². The number of carbonyl (C=O) groups is 1. The van der Waals surface area contributed by atoms with Crippen LogP contribution in [0.25, 0.3) is 0 Å². The molecule has 4 rings (SSSR count). The Morgan fingerprint density at radius 1 is 1.00 bits per heavy atom. The number of rotatable bonds is 2. The molecule has 2 amide bonds. The van der Waals surface area contributed by atoms with Crippen molar-refractivity contribution in [1.82, 2.24) is 10.2 Å². The summed E-state index contributed by atoms with van der Waals surface area (Å²) in [4.78, 5) is 14.5. The molecule has 2 aromatic carbocycles. The molecule has 2 aliphatic rings. The van der Waals surface area contributed by atoms with E-state index >= 15 is 0 Å². The average molecular weight is 320 g/mol. The molecule has 0 spiro atoms. The van der Waals surface area contributed by atoms with E-state index in [0.29, 0.717) is 5.92 Å². The van der Waals surface area contributed by atoms with Crippen molar-refractivity contribution in [3.05, 3.63) is 70.8 Å². The van der Waals surface area contributed by atoms with Gasteiger partial charge in [-0.05, 0) is 47.9 Å². The summed E-state index contributed by atoms with van der Waals surface area (Å²) in [7, 11) is 0. The summed E-state index contributed by atoms with van der Waals surface area (Å²) in [6.07, 6.45) is 4.51. The minimum atomic E-state index is 0.0764. The molecule has 1 aliphatic heterocycles. The lowest BCUT2D eigenvalue weighted by molar-refractivity contribution is 0.191. The summed E-state index contributed by atoms with van der Waals surface area (Å²) in [6, 6.07) is 17.2. The van der Waals surface area contributed by atoms with Gasteiger partial charge in [0, 0.05) is 25.6 Å². The van der Waals surface area contributed by atoms with E-state index in [2.05, 4.69) is 53.8 Å². The first-order valence-corrected chi connectivity index (χ1v) is 8.98. The zero-order chi connectivity index (χ0) is 16.4. The van der Waals surface area contributed by atoms with Crippen LogP contribution in [0, 0.1) is 0 Å². The summed E-state index contributed by atoms with van der Waals surface area (Å²) in [6.45, 7) is 2.28. The van der Waals surface area contributed by atoms with Gasteiger partial charge in [0.1, 0.15) is 0 Å². The lowest BCUT2D eigenvalue weighted by Gasteiger charge is -2.31. The molecule has 0 saturated heterocycles. The average Bonchev–Trinajstić information content (AvgIpc) is 2.65. The van der Waals surface area contributed by atoms with Crippen molar-refractivity contribution in [2.75, 3.05) is 13.1 Å². The number of nitrogens with one attached hydrogen (secondary N) is 1. The van der Waals surface area contributed by atoms with E-state index in [9.17, 15) is 4.79 Å². The molecular formula is C21H24N2O. The van der Waals surface area contributed by atoms with Gasteiger partial charge in [-0.2, -0.15) is 0 Å². The molecule has 1 aliphatic carbocycles. The van der Waals surface area contributed by atoms with Crippen molar-refractivity contribution >= 4 is 6.03 Å². The third kappa shape index (κ3) is 3.03. The van der Waals surface area contributed by atoms with Gasteiger partial charge in [-0.1, -0.05) is 48.5 Å². The fraction of sp³-hybridized carbons (Fsp3) is 0.381. The number of urea groups is 1. The van der Waals surface area contributed by atoms with E-state index in [-0.39, 0.29) is 6.03 Å². The Hall–Kier alpha value is -2.29. The maximum absolute atomic E-state index is 12.6. The van der Waals surface area contributed by atoms with Gasteiger partial charge in [-0.15, -0.1) is 0 Å². The van der Waals surface area contributed by atoms with Crippen LogP contribution in [-0.2, 0) is 19.4 Å². The number of amides is 2. The van der Waals surface area contributed by atoms with Crippen molar-refractivity contribution in [1.29, 1.82) is 0 Å². The van der Waals surface area contributed by atoms with Crippen LogP contribution in [0.15, 0.2) is 48.5 Å². The van der Waals surface area contributed by atoms with Crippen molar-refractivity contribution in [2.45, 2.75) is 38.1 Å². The molecular weight excluding hydrogens is 296 g/mol. The second-order valence-electron chi connectivity index (χ2n) is 6.91. The maximum Gasteiger partial charge on any atom is 0.317 e. The number of hydrogen-bond donors (Lipinski definition) is 1. The Balaban J connectivity index is 1.38. The Morgan fingerprint density at radius 3 is 2.62 bits per heavy atom. The van der Waals surface area contributed by atoms with Crippen LogP contribution in [0.5, 0.6) is 0 Å². The molecule has 0 radical (unpaired) electrons. The predicted octanol–water partition coefficient (Wildman–Crippen LogP) is 3.87. The van der Waals surface area contributed by atoms with E-state index in [1.165, 1.54) is 41.5 Å². The highest BCUT2D eigenvalue weighted by molar-refractivity contribution is 5.74. The second-order valence-corrected chi connectivity index (χ2v) is 6.91. The summed E-state index contributed by atoms with van der Waals surface area (Å²) >= 11 is 0. The molecule has 1 heterocycles. The van der Waals surface area contributed by atoms with Crippen LogP contribution < -0.4 is 5.32 Å². The summed E-state index contributed by atoms with van der Waals surface area (Å²) in [5.41, 5.74) is 5.53. The SMILES string of the molecule is O=C(NCC1CCCc2ccccc21)N1CCc2ccccc2C1. The van der Waals surface area contributed by atoms with E-state index in [0.717, 1.165) is 26.1 Å². The molecule has 0 aromatic heterocycles. The second kappa shape index (κ2) is 6.68. The monoisotopic (exact) mass is 320 g/mol. The van der Waals surface area contributed by atoms with Crippen LogP contribution in [-0.4, -0.2) is 24.0 Å². The summed E-state index contributed by atoms with van der Waals surface area (Å²) < 4.78 is 0. The standard InChI is InChI=1S/C21H24N2O/c24-21(23-13-12-16-6-1-2-8-19(16)15-23)22-14-18-10-5-9-17-7-3-4-11-20(17)18/h1-4,6-8,11,18H,5,9-10,12-15H2,(H,22,24). The zero-order valence-corrected chi connectivity index (χ0v) is 14.0. The predicted molar refractivity (Wildman–Crippen MR) is 96.1 cm³/mol. The molecule has 3 nitrogen and oxygen atoms in total. The first kappa shape index (κ1) is 15.3. The van der Waals surface area contributed by atoms with E-state index in [1.54, 1.807) is 0 Å². The zero-order valence-electron chi connectivity index (χ0n) is 14.0. The Kier molecular flexibility index (Phi) is 4.24. The molecule has 124 valence electrons. The third-order valence-electron chi connectivity index (χ3n) is 5.41. The molecule has 3 heteroatoms. The number of benzene rings is 2. The van der Waals surface area contributed by atoms with Crippen molar-refractivity contribution < 1.29 is 4.79 Å². The highest BCUT2D eigenvalue weighted by Gasteiger charge is 2.23. The smallest absolute Gasteiger partial charge is 0.317 e. The van der Waals surface area contributed by atoms with Gasteiger partial charge in [0.15, 0.2) is 0 Å². The van der Waals surface area contributed by atoms with Gasteiger partial charge in [0.05, 0.1) is 0 Å². The van der Waals surface area contributed by atoms with Gasteiger partial charge in [0.2, 0.25) is 0 Å². The number of nitrogens with zero attached hydrogens (tertiary/aromatic N) is 1. The van der Waals surface area contributed by atoms with E-state index in [4.69, 9.17) is 0 Å². The molecule has 1 unspecified atom stereocenters. The first-order chi connectivity index (χ1) is 11.8. The summed E-state index contributed by atoms with van der Waals surface area (Å²) in [5.74, 6) is 0.455. The van der Waals surface area contributed by atoms with Gasteiger partial charge in [-0.25, -0.2) is 4.79 Å². The van der Waals surface area contributed by atoms with Crippen molar-refractivity contribution in [2.24, 2.45) is 0 Å². The van der Waals surface area contributed by atoms with Crippen LogP contribution >= 0.6 is 0 Å². The molecule has 2 aromatic rings. The van der Waals surface area contributed by atoms with Crippen molar-refractivity contribution in [3.8, 4) is 0 Å². The Morgan fingerprint density at radius 2 is 1.75 bits per heavy atom. The third-order valence-corrected chi connectivity index (χ3v) is 5.41. The molecule has 0 saturated carbocycles. The number of fused-ring (bicyclic) bond motifs is 2. The molecule has 1 N–H and O–H groups in total. The fourth-order valence-electron chi connectivity index (χ4n) is 4.06. The Bertz CT molecular complexity index is 740. The maximum atomic E-state index is 12.6. The Labute approximate surface area is 143 Å². The molecule has 1 atom stereocenters. The number of hydrogen-bond acceptors (Lipinski definition) is 1. The highest BCUT2D eigenvalue weighted by atomic mass is 16.2. The largest absolute Gasteiger partial charge is 0.337 e. The van der Waals surface area contributed by atoms with Crippen LogP contribution in [0.2, 0.25) is 0 Å². The topological polar surface area (TPSA) is 32.3 Å².